The highest BCUT2D eigenvalue weighted by Gasteiger charge is 2.23. The quantitative estimate of drug-likeness (QED) is 0.373. The Balaban J connectivity index is 2.02. The number of nitro benzene ring substituents is 1. The van der Waals surface area contributed by atoms with E-state index in [9.17, 15) is 19.7 Å². The number of fused-ring (bicyclic) bond motifs is 1. The Morgan fingerprint density at radius 2 is 1.96 bits per heavy atom. The van der Waals surface area contributed by atoms with Gasteiger partial charge in [0.05, 0.1) is 16.6 Å². The number of hydrogen-bond acceptors (Lipinski definition) is 6. The number of non-ortho nitro benzene ring substituents is 1. The van der Waals surface area contributed by atoms with Crippen molar-refractivity contribution >= 4 is 28.4 Å². The van der Waals surface area contributed by atoms with Crippen LogP contribution in [0.4, 0.5) is 5.69 Å². The lowest BCUT2D eigenvalue weighted by atomic mass is 9.98. The number of nitrogens with zero attached hydrogens (tertiary/aromatic N) is 1. The Bertz CT molecular complexity index is 1100. The number of nitro groups is 1. The van der Waals surface area contributed by atoms with E-state index in [0.29, 0.717) is 40.0 Å². The number of carboxylic acid groups (broad SMARTS) is 1. The smallest absolute Gasteiger partial charge is 0.341 e. The maximum absolute atomic E-state index is 13.1. The Hall–Kier alpha value is -3.68. The zero-order valence-electron chi connectivity index (χ0n) is 15.2. The van der Waals surface area contributed by atoms with E-state index in [1.807, 2.05) is 6.92 Å². The Morgan fingerprint density at radius 1 is 1.21 bits per heavy atom. The summed E-state index contributed by atoms with van der Waals surface area (Å²) in [6.07, 6.45) is 0.447. The minimum atomic E-state index is -1.09. The van der Waals surface area contributed by atoms with Crippen LogP contribution in [0.5, 0.6) is 5.75 Å². The Labute approximate surface area is 159 Å². The predicted molar refractivity (Wildman–Crippen MR) is 100.0 cm³/mol. The van der Waals surface area contributed by atoms with Crippen molar-refractivity contribution in [3.05, 3.63) is 69.0 Å². The third-order valence-electron chi connectivity index (χ3n) is 4.29. The molecule has 1 aromatic heterocycles. The maximum Gasteiger partial charge on any atom is 0.341 e. The summed E-state index contributed by atoms with van der Waals surface area (Å²) in [5.74, 6) is -0.546. The highest BCUT2D eigenvalue weighted by molar-refractivity contribution is 6.17. The van der Waals surface area contributed by atoms with Crippen molar-refractivity contribution < 1.29 is 28.8 Å². The predicted octanol–water partition coefficient (Wildman–Crippen LogP) is 3.91. The molecule has 144 valence electrons. The molecule has 3 aromatic rings. The Morgan fingerprint density at radius 3 is 2.57 bits per heavy atom. The van der Waals surface area contributed by atoms with Gasteiger partial charge in [-0.05, 0) is 36.8 Å². The van der Waals surface area contributed by atoms with Gasteiger partial charge in [-0.1, -0.05) is 6.92 Å². The summed E-state index contributed by atoms with van der Waals surface area (Å²) in [6, 6.07) is 8.87. The van der Waals surface area contributed by atoms with Crippen molar-refractivity contribution in [3.8, 4) is 5.75 Å². The second-order valence-corrected chi connectivity index (χ2v) is 6.18. The fourth-order valence-electron chi connectivity index (χ4n) is 2.98. The molecule has 0 aliphatic carbocycles. The first-order chi connectivity index (χ1) is 13.3. The molecule has 8 heteroatoms. The molecule has 0 aliphatic heterocycles. The molecule has 0 radical (unpaired) electrons. The first-order valence-corrected chi connectivity index (χ1v) is 8.51. The van der Waals surface area contributed by atoms with Crippen LogP contribution in [-0.2, 0) is 11.2 Å². The van der Waals surface area contributed by atoms with Gasteiger partial charge in [-0.3, -0.25) is 14.9 Å². The summed E-state index contributed by atoms with van der Waals surface area (Å²) in [5, 5.41) is 20.2. The van der Waals surface area contributed by atoms with Crippen molar-refractivity contribution in [1.82, 2.24) is 0 Å². The van der Waals surface area contributed by atoms with E-state index in [0.717, 1.165) is 0 Å². The van der Waals surface area contributed by atoms with Crippen LogP contribution in [0.25, 0.3) is 11.0 Å². The van der Waals surface area contributed by atoms with Gasteiger partial charge in [-0.2, -0.15) is 0 Å². The number of aryl methyl sites for hydroxylation is 2. The lowest BCUT2D eigenvalue weighted by molar-refractivity contribution is -0.384. The summed E-state index contributed by atoms with van der Waals surface area (Å²) in [6.45, 7) is 3.07. The van der Waals surface area contributed by atoms with E-state index < -0.39 is 17.5 Å². The van der Waals surface area contributed by atoms with Gasteiger partial charge in [0, 0.05) is 23.4 Å². The summed E-state index contributed by atoms with van der Waals surface area (Å²) < 4.78 is 10.9. The lowest BCUT2D eigenvalue weighted by Gasteiger charge is -2.09. The molecule has 0 spiro atoms. The minimum absolute atomic E-state index is 0.112. The molecule has 1 heterocycles. The zero-order chi connectivity index (χ0) is 20.4. The van der Waals surface area contributed by atoms with E-state index in [1.165, 1.54) is 18.2 Å². The number of aliphatic carboxylic acids is 1. The van der Waals surface area contributed by atoms with Crippen molar-refractivity contribution in [3.63, 3.8) is 0 Å². The third-order valence-corrected chi connectivity index (χ3v) is 4.29. The molecule has 3 rings (SSSR count). The van der Waals surface area contributed by atoms with Crippen LogP contribution in [0.3, 0.4) is 0 Å². The van der Waals surface area contributed by atoms with Gasteiger partial charge >= 0.3 is 5.97 Å². The van der Waals surface area contributed by atoms with Crippen LogP contribution in [0.1, 0.15) is 34.2 Å². The van der Waals surface area contributed by atoms with Gasteiger partial charge in [0.2, 0.25) is 0 Å². The average molecular weight is 383 g/mol. The van der Waals surface area contributed by atoms with Crippen LogP contribution in [-0.4, -0.2) is 28.4 Å². The first kappa shape index (κ1) is 19.1. The SMILES string of the molecule is CCc1oc2cc([N+](=O)[O-])ccc2c1C(=O)c1ccc(OCC(=O)O)c(C)c1. The van der Waals surface area contributed by atoms with E-state index in [4.69, 9.17) is 14.3 Å². The van der Waals surface area contributed by atoms with E-state index >= 15 is 0 Å². The van der Waals surface area contributed by atoms with Crippen LogP contribution < -0.4 is 4.74 Å². The largest absolute Gasteiger partial charge is 0.482 e. The molecule has 0 aliphatic rings. The molecule has 2 aromatic carbocycles. The van der Waals surface area contributed by atoms with Gasteiger partial charge in [0.25, 0.3) is 5.69 Å². The topological polar surface area (TPSA) is 120 Å². The number of carbonyl (C=O) groups is 2. The number of hydrogen-bond donors (Lipinski definition) is 1. The third kappa shape index (κ3) is 3.57. The van der Waals surface area contributed by atoms with Gasteiger partial charge in [0.1, 0.15) is 17.1 Å². The highest BCUT2D eigenvalue weighted by Crippen LogP contribution is 2.32. The van der Waals surface area contributed by atoms with Crippen LogP contribution in [0, 0.1) is 17.0 Å². The number of ether oxygens (including phenoxy) is 1. The van der Waals surface area contributed by atoms with E-state index in [-0.39, 0.29) is 17.1 Å². The number of furan rings is 1. The second kappa shape index (κ2) is 7.51. The summed E-state index contributed by atoms with van der Waals surface area (Å²) in [5.41, 5.74) is 1.54. The zero-order valence-corrected chi connectivity index (χ0v) is 15.2. The molecular weight excluding hydrogens is 366 g/mol. The molecule has 0 fully saturated rings. The number of carboxylic acids is 1. The van der Waals surface area contributed by atoms with Crippen molar-refractivity contribution in [2.45, 2.75) is 20.3 Å². The van der Waals surface area contributed by atoms with Gasteiger partial charge in [-0.15, -0.1) is 0 Å². The van der Waals surface area contributed by atoms with Crippen molar-refractivity contribution in [1.29, 1.82) is 0 Å². The van der Waals surface area contributed by atoms with Crippen LogP contribution in [0.2, 0.25) is 0 Å². The normalized spacial score (nSPS) is 10.8. The number of benzene rings is 2. The summed E-state index contributed by atoms with van der Waals surface area (Å²) >= 11 is 0. The van der Waals surface area contributed by atoms with Crippen LogP contribution in [0.15, 0.2) is 40.8 Å². The van der Waals surface area contributed by atoms with Gasteiger partial charge in [-0.25, -0.2) is 4.79 Å². The maximum atomic E-state index is 13.1. The molecule has 0 amide bonds. The molecule has 1 N–H and O–H groups in total. The summed E-state index contributed by atoms with van der Waals surface area (Å²) in [7, 11) is 0. The molecule has 0 unspecified atom stereocenters. The van der Waals surface area contributed by atoms with E-state index in [2.05, 4.69) is 0 Å². The highest BCUT2D eigenvalue weighted by atomic mass is 16.6. The molecule has 8 nitrogen and oxygen atoms in total. The molecule has 0 atom stereocenters. The van der Waals surface area contributed by atoms with Crippen LogP contribution >= 0.6 is 0 Å². The molecule has 0 saturated carbocycles. The number of rotatable bonds is 7. The number of carbonyl (C=O) groups excluding carboxylic acids is 1. The average Bonchev–Trinajstić information content (AvgIpc) is 3.03. The second-order valence-electron chi connectivity index (χ2n) is 6.18. The van der Waals surface area contributed by atoms with Crippen molar-refractivity contribution in [2.24, 2.45) is 0 Å². The monoisotopic (exact) mass is 383 g/mol. The fraction of sp³-hybridized carbons (Fsp3) is 0.200. The number of ketones is 1. The fourth-order valence-corrected chi connectivity index (χ4v) is 2.98. The summed E-state index contributed by atoms with van der Waals surface area (Å²) in [4.78, 5) is 34.2. The van der Waals surface area contributed by atoms with E-state index in [1.54, 1.807) is 25.1 Å². The molecular formula is C20H17NO7. The Kier molecular flexibility index (Phi) is 5.12. The standard InChI is InChI=1S/C20H17NO7/c1-3-15-19(14-6-5-13(21(25)26)9-17(14)28-15)20(24)12-4-7-16(11(2)8-12)27-10-18(22)23/h4-9H,3,10H2,1-2H3,(H,22,23). The molecule has 0 bridgehead atoms. The van der Waals surface area contributed by atoms with Gasteiger partial charge in [0.15, 0.2) is 12.4 Å². The molecule has 28 heavy (non-hydrogen) atoms. The lowest BCUT2D eigenvalue weighted by Crippen LogP contribution is -2.10. The first-order valence-electron chi connectivity index (χ1n) is 8.51. The minimum Gasteiger partial charge on any atom is -0.482 e. The van der Waals surface area contributed by atoms with Gasteiger partial charge < -0.3 is 14.3 Å². The van der Waals surface area contributed by atoms with Crippen molar-refractivity contribution in [2.75, 3.05) is 6.61 Å². The molecule has 0 saturated heterocycles.